The Morgan fingerprint density at radius 2 is 1.90 bits per heavy atom. The van der Waals surface area contributed by atoms with Gasteiger partial charge in [-0.15, -0.1) is 0 Å². The molecule has 1 aliphatic carbocycles. The highest BCUT2D eigenvalue weighted by Crippen LogP contribution is 2.29. The summed E-state index contributed by atoms with van der Waals surface area (Å²) in [6.45, 7) is 8.23. The van der Waals surface area contributed by atoms with Crippen molar-refractivity contribution in [1.82, 2.24) is 5.32 Å². The summed E-state index contributed by atoms with van der Waals surface area (Å²) in [4.78, 5) is 0. The molecule has 2 N–H and O–H groups in total. The standard InChI is InChI=1S/C17H35NO3/c1-5-14-8-6-7-9-17(14)21-11-15(19)10-18-16(12-20-4)13(2)3/h13-19H,5-12H2,1-4H3. The first-order valence-electron chi connectivity index (χ1n) is 8.60. The van der Waals surface area contributed by atoms with Gasteiger partial charge in [-0.25, -0.2) is 0 Å². The number of ether oxygens (including phenoxy) is 2. The number of rotatable bonds is 10. The van der Waals surface area contributed by atoms with Gasteiger partial charge in [0, 0.05) is 19.7 Å². The number of nitrogens with one attached hydrogen (secondary N) is 1. The highest BCUT2D eigenvalue weighted by molar-refractivity contribution is 4.76. The molecular weight excluding hydrogens is 266 g/mol. The van der Waals surface area contributed by atoms with Crippen LogP contribution in [0.4, 0.5) is 0 Å². The molecule has 21 heavy (non-hydrogen) atoms. The Bertz CT molecular complexity index is 260. The molecule has 0 spiro atoms. The predicted octanol–water partition coefficient (Wildman–Crippen LogP) is 2.59. The largest absolute Gasteiger partial charge is 0.389 e. The smallest absolute Gasteiger partial charge is 0.0897 e. The number of hydrogen-bond acceptors (Lipinski definition) is 4. The minimum Gasteiger partial charge on any atom is -0.389 e. The minimum atomic E-state index is -0.442. The van der Waals surface area contributed by atoms with Crippen LogP contribution in [0.15, 0.2) is 0 Å². The van der Waals surface area contributed by atoms with E-state index in [1.165, 1.54) is 25.7 Å². The van der Waals surface area contributed by atoms with E-state index in [2.05, 4.69) is 26.1 Å². The van der Waals surface area contributed by atoms with Gasteiger partial charge in [-0.2, -0.15) is 0 Å². The predicted molar refractivity (Wildman–Crippen MR) is 86.5 cm³/mol. The van der Waals surface area contributed by atoms with Gasteiger partial charge in [-0.3, -0.25) is 0 Å². The van der Waals surface area contributed by atoms with Crippen molar-refractivity contribution in [3.8, 4) is 0 Å². The molecule has 0 radical (unpaired) electrons. The first-order chi connectivity index (χ1) is 10.1. The highest BCUT2D eigenvalue weighted by atomic mass is 16.5. The molecular formula is C17H35NO3. The lowest BCUT2D eigenvalue weighted by Gasteiger charge is -2.31. The molecule has 4 atom stereocenters. The molecule has 1 aliphatic rings. The molecule has 1 fully saturated rings. The van der Waals surface area contributed by atoms with Crippen molar-refractivity contribution < 1.29 is 14.6 Å². The lowest BCUT2D eigenvalue weighted by molar-refractivity contribution is -0.0510. The Balaban J connectivity index is 2.24. The van der Waals surface area contributed by atoms with Gasteiger partial charge in [0.05, 0.1) is 25.4 Å². The van der Waals surface area contributed by atoms with Crippen LogP contribution < -0.4 is 5.32 Å². The van der Waals surface area contributed by atoms with Gasteiger partial charge in [0.15, 0.2) is 0 Å². The van der Waals surface area contributed by atoms with E-state index in [0.717, 1.165) is 6.42 Å². The molecule has 0 amide bonds. The summed E-state index contributed by atoms with van der Waals surface area (Å²) in [5.41, 5.74) is 0. The van der Waals surface area contributed by atoms with Crippen LogP contribution in [0.25, 0.3) is 0 Å². The van der Waals surface area contributed by atoms with E-state index < -0.39 is 6.10 Å². The number of aliphatic hydroxyl groups is 1. The number of methoxy groups -OCH3 is 1. The summed E-state index contributed by atoms with van der Waals surface area (Å²) in [7, 11) is 1.71. The maximum atomic E-state index is 10.1. The van der Waals surface area contributed by atoms with Crippen molar-refractivity contribution in [2.45, 2.75) is 71.1 Å². The second-order valence-electron chi connectivity index (χ2n) is 6.69. The SMILES string of the molecule is CCC1CCCCC1OCC(O)CNC(COC)C(C)C. The van der Waals surface area contributed by atoms with E-state index in [4.69, 9.17) is 9.47 Å². The molecule has 0 saturated heterocycles. The Morgan fingerprint density at radius 3 is 2.52 bits per heavy atom. The van der Waals surface area contributed by atoms with Crippen LogP contribution in [-0.4, -0.2) is 50.2 Å². The Labute approximate surface area is 130 Å². The normalized spacial score (nSPS) is 26.0. The summed E-state index contributed by atoms with van der Waals surface area (Å²) < 4.78 is 11.2. The van der Waals surface area contributed by atoms with Gasteiger partial charge in [-0.05, 0) is 24.7 Å². The quantitative estimate of drug-likeness (QED) is 0.651. The maximum Gasteiger partial charge on any atom is 0.0897 e. The first kappa shape index (κ1) is 18.9. The van der Waals surface area contributed by atoms with E-state index in [1.807, 2.05) is 0 Å². The second kappa shape index (κ2) is 10.5. The molecule has 126 valence electrons. The zero-order valence-electron chi connectivity index (χ0n) is 14.3. The van der Waals surface area contributed by atoms with E-state index in [0.29, 0.717) is 37.7 Å². The van der Waals surface area contributed by atoms with Crippen LogP contribution >= 0.6 is 0 Å². The minimum absolute atomic E-state index is 0.280. The molecule has 4 heteroatoms. The summed E-state index contributed by atoms with van der Waals surface area (Å²) in [6, 6.07) is 0.280. The fourth-order valence-electron chi connectivity index (χ4n) is 3.11. The van der Waals surface area contributed by atoms with Crippen molar-refractivity contribution >= 4 is 0 Å². The molecule has 1 saturated carbocycles. The van der Waals surface area contributed by atoms with Gasteiger partial charge < -0.3 is 19.9 Å². The van der Waals surface area contributed by atoms with E-state index in [9.17, 15) is 5.11 Å². The van der Waals surface area contributed by atoms with Gasteiger partial charge in [0.1, 0.15) is 0 Å². The Morgan fingerprint density at radius 1 is 1.19 bits per heavy atom. The van der Waals surface area contributed by atoms with Crippen LogP contribution in [0.5, 0.6) is 0 Å². The molecule has 4 nitrogen and oxygen atoms in total. The van der Waals surface area contributed by atoms with E-state index >= 15 is 0 Å². The highest BCUT2D eigenvalue weighted by Gasteiger charge is 2.25. The molecule has 0 bridgehead atoms. The fourth-order valence-corrected chi connectivity index (χ4v) is 3.11. The summed E-state index contributed by atoms with van der Waals surface area (Å²) >= 11 is 0. The summed E-state index contributed by atoms with van der Waals surface area (Å²) in [6.07, 6.45) is 6.10. The topological polar surface area (TPSA) is 50.7 Å². The third-order valence-electron chi connectivity index (χ3n) is 4.63. The average molecular weight is 301 g/mol. The molecule has 1 rings (SSSR count). The van der Waals surface area contributed by atoms with Crippen molar-refractivity contribution in [2.24, 2.45) is 11.8 Å². The van der Waals surface area contributed by atoms with Gasteiger partial charge in [0.2, 0.25) is 0 Å². The summed E-state index contributed by atoms with van der Waals surface area (Å²) in [5.74, 6) is 1.16. The first-order valence-corrected chi connectivity index (χ1v) is 8.60. The third-order valence-corrected chi connectivity index (χ3v) is 4.63. The second-order valence-corrected chi connectivity index (χ2v) is 6.69. The molecule has 0 heterocycles. The fraction of sp³-hybridized carbons (Fsp3) is 1.00. The average Bonchev–Trinajstić information content (AvgIpc) is 2.49. The monoisotopic (exact) mass is 301 g/mol. The van der Waals surface area contributed by atoms with Gasteiger partial charge in [-0.1, -0.05) is 40.0 Å². The zero-order chi connectivity index (χ0) is 15.7. The van der Waals surface area contributed by atoms with Gasteiger partial charge >= 0.3 is 0 Å². The van der Waals surface area contributed by atoms with Crippen molar-refractivity contribution in [3.63, 3.8) is 0 Å². The summed E-state index contributed by atoms with van der Waals surface area (Å²) in [5, 5.41) is 13.5. The molecule has 0 aromatic carbocycles. The molecule has 0 aromatic heterocycles. The van der Waals surface area contributed by atoms with Crippen molar-refractivity contribution in [1.29, 1.82) is 0 Å². The van der Waals surface area contributed by atoms with E-state index in [-0.39, 0.29) is 6.04 Å². The van der Waals surface area contributed by atoms with Crippen LogP contribution in [0, 0.1) is 11.8 Å². The lowest BCUT2D eigenvalue weighted by atomic mass is 9.85. The van der Waals surface area contributed by atoms with Crippen LogP contribution in [-0.2, 0) is 9.47 Å². The van der Waals surface area contributed by atoms with Crippen LogP contribution in [0.1, 0.15) is 52.9 Å². The number of hydrogen-bond donors (Lipinski definition) is 2. The zero-order valence-corrected chi connectivity index (χ0v) is 14.3. The molecule has 0 aliphatic heterocycles. The van der Waals surface area contributed by atoms with Crippen molar-refractivity contribution in [2.75, 3.05) is 26.9 Å². The molecule has 0 aromatic rings. The van der Waals surface area contributed by atoms with Crippen molar-refractivity contribution in [3.05, 3.63) is 0 Å². The third kappa shape index (κ3) is 7.09. The van der Waals surface area contributed by atoms with Crippen LogP contribution in [0.3, 0.4) is 0 Å². The molecule has 4 unspecified atom stereocenters. The lowest BCUT2D eigenvalue weighted by Crippen LogP contribution is -2.43. The van der Waals surface area contributed by atoms with E-state index in [1.54, 1.807) is 7.11 Å². The number of aliphatic hydroxyl groups excluding tert-OH is 1. The van der Waals surface area contributed by atoms with Gasteiger partial charge in [0.25, 0.3) is 0 Å². The van der Waals surface area contributed by atoms with Crippen LogP contribution in [0.2, 0.25) is 0 Å². The Hall–Kier alpha value is -0.160. The maximum absolute atomic E-state index is 10.1. The Kier molecular flexibility index (Phi) is 9.49.